The Morgan fingerprint density at radius 1 is 1.18 bits per heavy atom. The lowest BCUT2D eigenvalue weighted by Gasteiger charge is -2.25. The highest BCUT2D eigenvalue weighted by atomic mass is 19.1. The minimum Gasteiger partial charge on any atom is -0.497 e. The molecule has 1 aliphatic heterocycles. The summed E-state index contributed by atoms with van der Waals surface area (Å²) in [6.45, 7) is 3.02. The number of carbonyl (C=O) groups is 1. The van der Waals surface area contributed by atoms with Crippen LogP contribution in [0.15, 0.2) is 65.3 Å². The van der Waals surface area contributed by atoms with Gasteiger partial charge >= 0.3 is 0 Å². The van der Waals surface area contributed by atoms with Crippen LogP contribution in [0.3, 0.4) is 0 Å². The van der Waals surface area contributed by atoms with E-state index in [-0.39, 0.29) is 35.9 Å². The normalized spacial score (nSPS) is 14.9. The molecular weight excluding hydrogens is 508 g/mol. The molecule has 1 amide bonds. The number of halogens is 2. The van der Waals surface area contributed by atoms with Crippen LogP contribution < -0.4 is 9.47 Å². The lowest BCUT2D eigenvalue weighted by Crippen LogP contribution is -2.37. The minimum absolute atomic E-state index is 0.108. The Balaban J connectivity index is 1.59. The first-order chi connectivity index (χ1) is 19.0. The molecule has 5 rings (SSSR count). The van der Waals surface area contributed by atoms with Crippen LogP contribution in [0.4, 0.5) is 8.78 Å². The molecule has 2 aromatic carbocycles. The van der Waals surface area contributed by atoms with Gasteiger partial charge in [0, 0.05) is 19.2 Å². The highest BCUT2D eigenvalue weighted by molar-refractivity contribution is 5.91. The van der Waals surface area contributed by atoms with Gasteiger partial charge in [-0.25, -0.2) is 13.5 Å². The Morgan fingerprint density at radius 3 is 2.64 bits per heavy atom. The second-order valence-electron chi connectivity index (χ2n) is 9.17. The van der Waals surface area contributed by atoms with Crippen LogP contribution in [0.1, 0.15) is 41.6 Å². The third-order valence-electron chi connectivity index (χ3n) is 6.59. The van der Waals surface area contributed by atoms with Gasteiger partial charge in [-0.1, -0.05) is 6.92 Å². The predicted molar refractivity (Wildman–Crippen MR) is 138 cm³/mol. The molecule has 1 fully saturated rings. The molecule has 0 unspecified atom stereocenters. The lowest BCUT2D eigenvalue weighted by molar-refractivity contribution is 0.0482. The molecule has 10 heteroatoms. The number of amides is 1. The molecule has 1 atom stereocenters. The summed E-state index contributed by atoms with van der Waals surface area (Å²) in [6.07, 6.45) is 3.59. The van der Waals surface area contributed by atoms with Crippen molar-refractivity contribution in [1.82, 2.24) is 14.7 Å². The van der Waals surface area contributed by atoms with Crippen LogP contribution in [0.5, 0.6) is 17.4 Å². The maximum atomic E-state index is 14.7. The van der Waals surface area contributed by atoms with Gasteiger partial charge in [-0.2, -0.15) is 5.10 Å². The maximum absolute atomic E-state index is 14.7. The number of rotatable bonds is 10. The van der Waals surface area contributed by atoms with Gasteiger partial charge < -0.3 is 23.5 Å². The average Bonchev–Trinajstić information content (AvgIpc) is 3.72. The van der Waals surface area contributed by atoms with Gasteiger partial charge in [-0.3, -0.25) is 4.79 Å². The zero-order valence-electron chi connectivity index (χ0n) is 21.7. The topological polar surface area (TPSA) is 79.0 Å². The van der Waals surface area contributed by atoms with Crippen LogP contribution in [-0.4, -0.2) is 47.0 Å². The molecule has 0 aliphatic carbocycles. The molecule has 2 aromatic heterocycles. The molecule has 0 bridgehead atoms. The van der Waals surface area contributed by atoms with Gasteiger partial charge in [-0.05, 0) is 67.8 Å². The van der Waals surface area contributed by atoms with Crippen molar-refractivity contribution in [3.63, 3.8) is 0 Å². The first-order valence-electron chi connectivity index (χ1n) is 12.8. The number of furan rings is 1. The van der Waals surface area contributed by atoms with E-state index in [0.29, 0.717) is 42.3 Å². The number of aryl methyl sites for hydroxylation is 1. The third-order valence-corrected chi connectivity index (χ3v) is 6.59. The van der Waals surface area contributed by atoms with Crippen molar-refractivity contribution in [3.8, 4) is 23.1 Å². The Kier molecular flexibility index (Phi) is 7.92. The number of aromatic nitrogens is 2. The van der Waals surface area contributed by atoms with E-state index >= 15 is 0 Å². The summed E-state index contributed by atoms with van der Waals surface area (Å²) < 4.78 is 52.5. The van der Waals surface area contributed by atoms with Gasteiger partial charge in [0.2, 0.25) is 5.88 Å². The summed E-state index contributed by atoms with van der Waals surface area (Å²) in [7, 11) is 1.57. The zero-order chi connectivity index (χ0) is 27.4. The second kappa shape index (κ2) is 11.7. The van der Waals surface area contributed by atoms with Gasteiger partial charge in [0.15, 0.2) is 17.3 Å². The van der Waals surface area contributed by atoms with Crippen LogP contribution in [0.2, 0.25) is 0 Å². The highest BCUT2D eigenvalue weighted by Crippen LogP contribution is 2.34. The van der Waals surface area contributed by atoms with E-state index in [1.54, 1.807) is 53.1 Å². The summed E-state index contributed by atoms with van der Waals surface area (Å²) in [5, 5.41) is 4.77. The smallest absolute Gasteiger partial charge is 0.289 e. The standard InChI is InChI=1S/C29H29F2N3O5/c1-3-25-23(18-33(17-22-6-4-14-37-22)28(35)27-7-5-15-38-27)29(39-26-13-8-19(30)16-24(26)31)34(32-25)20-9-11-21(36-2)12-10-20/h5,7-13,15-16,22H,3-4,6,14,17-18H2,1-2H3/t22-/m1/s1. The van der Waals surface area contributed by atoms with E-state index in [1.165, 1.54) is 12.3 Å². The van der Waals surface area contributed by atoms with E-state index in [9.17, 15) is 13.6 Å². The number of methoxy groups -OCH3 is 1. The van der Waals surface area contributed by atoms with Crippen LogP contribution >= 0.6 is 0 Å². The van der Waals surface area contributed by atoms with Crippen molar-refractivity contribution in [3.05, 3.63) is 89.5 Å². The summed E-state index contributed by atoms with van der Waals surface area (Å²) >= 11 is 0. The SMILES string of the molecule is CCc1nn(-c2ccc(OC)cc2)c(Oc2ccc(F)cc2F)c1CN(C[C@H]1CCCO1)C(=O)c1ccco1. The molecule has 8 nitrogen and oxygen atoms in total. The van der Waals surface area contributed by atoms with E-state index in [2.05, 4.69) is 0 Å². The molecule has 39 heavy (non-hydrogen) atoms. The van der Waals surface area contributed by atoms with Gasteiger partial charge in [0.05, 0.1) is 43.0 Å². The van der Waals surface area contributed by atoms with Crippen molar-refractivity contribution in [2.24, 2.45) is 0 Å². The number of carbonyl (C=O) groups excluding carboxylic acids is 1. The molecular formula is C29H29F2N3O5. The average molecular weight is 538 g/mol. The summed E-state index contributed by atoms with van der Waals surface area (Å²) in [6, 6.07) is 13.5. The van der Waals surface area contributed by atoms with Crippen LogP contribution in [0, 0.1) is 11.6 Å². The number of hydrogen-bond donors (Lipinski definition) is 0. The maximum Gasteiger partial charge on any atom is 0.289 e. The predicted octanol–water partition coefficient (Wildman–Crippen LogP) is 5.93. The largest absolute Gasteiger partial charge is 0.497 e. The summed E-state index contributed by atoms with van der Waals surface area (Å²) in [5.74, 6) is -0.991. The summed E-state index contributed by atoms with van der Waals surface area (Å²) in [5.41, 5.74) is 1.89. The molecule has 3 heterocycles. The van der Waals surface area contributed by atoms with Crippen molar-refractivity contribution < 1.29 is 32.2 Å². The number of nitrogens with zero attached hydrogens (tertiary/aromatic N) is 3. The Morgan fingerprint density at radius 2 is 2.00 bits per heavy atom. The fourth-order valence-corrected chi connectivity index (χ4v) is 4.59. The lowest BCUT2D eigenvalue weighted by atomic mass is 10.1. The molecule has 0 N–H and O–H groups in total. The van der Waals surface area contributed by atoms with E-state index in [1.807, 2.05) is 6.92 Å². The molecule has 0 saturated carbocycles. The molecule has 0 spiro atoms. The number of ether oxygens (including phenoxy) is 3. The monoisotopic (exact) mass is 537 g/mol. The quantitative estimate of drug-likeness (QED) is 0.250. The molecule has 4 aromatic rings. The van der Waals surface area contributed by atoms with Crippen molar-refractivity contribution >= 4 is 5.91 Å². The summed E-state index contributed by atoms with van der Waals surface area (Å²) in [4.78, 5) is 15.1. The van der Waals surface area contributed by atoms with Crippen LogP contribution in [-0.2, 0) is 17.7 Å². The van der Waals surface area contributed by atoms with Crippen molar-refractivity contribution in [2.45, 2.75) is 38.8 Å². The van der Waals surface area contributed by atoms with Gasteiger partial charge in [0.1, 0.15) is 11.6 Å². The fraction of sp³-hybridized carbons (Fsp3) is 0.310. The molecule has 1 saturated heterocycles. The minimum atomic E-state index is -0.857. The molecule has 204 valence electrons. The van der Waals surface area contributed by atoms with Gasteiger partial charge in [-0.15, -0.1) is 0 Å². The van der Waals surface area contributed by atoms with E-state index < -0.39 is 11.6 Å². The number of hydrogen-bond acceptors (Lipinski definition) is 6. The van der Waals surface area contributed by atoms with Crippen LogP contribution in [0.25, 0.3) is 5.69 Å². The Hall–Kier alpha value is -4.18. The van der Waals surface area contributed by atoms with Crippen molar-refractivity contribution in [2.75, 3.05) is 20.3 Å². The van der Waals surface area contributed by atoms with E-state index in [0.717, 1.165) is 25.0 Å². The third kappa shape index (κ3) is 5.80. The molecule has 1 aliphatic rings. The second-order valence-corrected chi connectivity index (χ2v) is 9.17. The Bertz CT molecular complexity index is 1410. The van der Waals surface area contributed by atoms with Crippen molar-refractivity contribution in [1.29, 1.82) is 0 Å². The van der Waals surface area contributed by atoms with E-state index in [4.69, 9.17) is 23.7 Å². The molecule has 0 radical (unpaired) electrons. The fourth-order valence-electron chi connectivity index (χ4n) is 4.59. The highest BCUT2D eigenvalue weighted by Gasteiger charge is 2.29. The first-order valence-corrected chi connectivity index (χ1v) is 12.8. The van der Waals surface area contributed by atoms with Gasteiger partial charge in [0.25, 0.3) is 5.91 Å². The number of benzene rings is 2. The first kappa shape index (κ1) is 26.4. The zero-order valence-corrected chi connectivity index (χ0v) is 21.7. The Labute approximate surface area is 224 Å².